The minimum Gasteiger partial charge on any atom is -0.384 e. The predicted molar refractivity (Wildman–Crippen MR) is 96.4 cm³/mol. The SMILES string of the molecule is CC(C)c1ccccc1NCCC(=O)Nc1ccc(Br)cc1. The van der Waals surface area contributed by atoms with Crippen LogP contribution < -0.4 is 10.6 Å². The summed E-state index contributed by atoms with van der Waals surface area (Å²) < 4.78 is 0.998. The topological polar surface area (TPSA) is 41.1 Å². The highest BCUT2D eigenvalue weighted by atomic mass is 79.9. The molecule has 0 saturated heterocycles. The lowest BCUT2D eigenvalue weighted by Crippen LogP contribution is -2.16. The van der Waals surface area contributed by atoms with Gasteiger partial charge in [-0.1, -0.05) is 48.0 Å². The van der Waals surface area contributed by atoms with E-state index in [4.69, 9.17) is 0 Å². The molecule has 2 aromatic rings. The number of hydrogen-bond acceptors (Lipinski definition) is 2. The highest BCUT2D eigenvalue weighted by Gasteiger charge is 2.06. The second-order valence-electron chi connectivity index (χ2n) is 5.47. The van der Waals surface area contributed by atoms with Crippen LogP contribution in [0.2, 0.25) is 0 Å². The Morgan fingerprint density at radius 3 is 2.45 bits per heavy atom. The van der Waals surface area contributed by atoms with Crippen molar-refractivity contribution in [2.24, 2.45) is 0 Å². The second kappa shape index (κ2) is 7.99. The van der Waals surface area contributed by atoms with E-state index in [0.29, 0.717) is 18.9 Å². The van der Waals surface area contributed by atoms with Crippen molar-refractivity contribution in [2.45, 2.75) is 26.2 Å². The van der Waals surface area contributed by atoms with Gasteiger partial charge >= 0.3 is 0 Å². The number of halogens is 1. The summed E-state index contributed by atoms with van der Waals surface area (Å²) in [4.78, 5) is 11.9. The van der Waals surface area contributed by atoms with Crippen LogP contribution in [0.4, 0.5) is 11.4 Å². The van der Waals surface area contributed by atoms with Crippen LogP contribution >= 0.6 is 15.9 Å². The maximum absolute atomic E-state index is 11.9. The molecule has 3 nitrogen and oxygen atoms in total. The number of nitrogens with one attached hydrogen (secondary N) is 2. The Hall–Kier alpha value is -1.81. The van der Waals surface area contributed by atoms with Gasteiger partial charge in [-0.15, -0.1) is 0 Å². The van der Waals surface area contributed by atoms with Crippen molar-refractivity contribution in [3.8, 4) is 0 Å². The molecule has 4 heteroatoms. The molecule has 0 bridgehead atoms. The quantitative estimate of drug-likeness (QED) is 0.759. The van der Waals surface area contributed by atoms with Gasteiger partial charge in [0.15, 0.2) is 0 Å². The van der Waals surface area contributed by atoms with E-state index in [-0.39, 0.29) is 5.91 Å². The Kier molecular flexibility index (Phi) is 6.01. The molecule has 0 aliphatic carbocycles. The van der Waals surface area contributed by atoms with Crippen LogP contribution in [0.25, 0.3) is 0 Å². The molecule has 0 radical (unpaired) electrons. The Morgan fingerprint density at radius 1 is 1.09 bits per heavy atom. The van der Waals surface area contributed by atoms with Crippen molar-refractivity contribution in [2.75, 3.05) is 17.2 Å². The van der Waals surface area contributed by atoms with E-state index in [0.717, 1.165) is 15.8 Å². The van der Waals surface area contributed by atoms with Gasteiger partial charge in [0.25, 0.3) is 0 Å². The van der Waals surface area contributed by atoms with E-state index in [1.165, 1.54) is 5.56 Å². The van der Waals surface area contributed by atoms with Crippen molar-refractivity contribution in [1.82, 2.24) is 0 Å². The first kappa shape index (κ1) is 16.6. The highest BCUT2D eigenvalue weighted by Crippen LogP contribution is 2.23. The summed E-state index contributed by atoms with van der Waals surface area (Å²) >= 11 is 3.38. The average Bonchev–Trinajstić information content (AvgIpc) is 2.50. The van der Waals surface area contributed by atoms with Crippen molar-refractivity contribution in [3.63, 3.8) is 0 Å². The lowest BCUT2D eigenvalue weighted by atomic mass is 10.0. The molecular weight excluding hydrogens is 340 g/mol. The molecule has 22 heavy (non-hydrogen) atoms. The Bertz CT molecular complexity index is 623. The lowest BCUT2D eigenvalue weighted by molar-refractivity contribution is -0.115. The summed E-state index contributed by atoms with van der Waals surface area (Å²) in [6.07, 6.45) is 0.433. The number of amides is 1. The molecule has 0 aliphatic rings. The summed E-state index contributed by atoms with van der Waals surface area (Å²) in [5, 5.41) is 6.25. The highest BCUT2D eigenvalue weighted by molar-refractivity contribution is 9.10. The smallest absolute Gasteiger partial charge is 0.226 e. The third-order valence-electron chi connectivity index (χ3n) is 3.38. The molecule has 0 atom stereocenters. The fraction of sp³-hybridized carbons (Fsp3) is 0.278. The molecule has 0 aliphatic heterocycles. The van der Waals surface area contributed by atoms with Gasteiger partial charge in [0.05, 0.1) is 0 Å². The Balaban J connectivity index is 1.83. The van der Waals surface area contributed by atoms with Crippen LogP contribution in [-0.2, 0) is 4.79 Å². The first-order valence-electron chi connectivity index (χ1n) is 7.44. The van der Waals surface area contributed by atoms with E-state index >= 15 is 0 Å². The molecule has 0 heterocycles. The zero-order valence-electron chi connectivity index (χ0n) is 12.9. The van der Waals surface area contributed by atoms with Crippen LogP contribution in [0.15, 0.2) is 53.0 Å². The first-order chi connectivity index (χ1) is 10.6. The predicted octanol–water partition coefficient (Wildman–Crippen LogP) is 5.01. The number of carbonyl (C=O) groups excluding carboxylic acids is 1. The van der Waals surface area contributed by atoms with Gasteiger partial charge < -0.3 is 10.6 Å². The normalized spacial score (nSPS) is 10.5. The third-order valence-corrected chi connectivity index (χ3v) is 3.91. The Morgan fingerprint density at radius 2 is 1.77 bits per heavy atom. The molecule has 0 spiro atoms. The summed E-state index contributed by atoms with van der Waals surface area (Å²) in [5.41, 5.74) is 3.19. The van der Waals surface area contributed by atoms with Gasteiger partial charge in [-0.2, -0.15) is 0 Å². The molecule has 2 N–H and O–H groups in total. The molecule has 116 valence electrons. The number of anilines is 2. The van der Waals surface area contributed by atoms with Crippen LogP contribution in [-0.4, -0.2) is 12.5 Å². The zero-order chi connectivity index (χ0) is 15.9. The zero-order valence-corrected chi connectivity index (χ0v) is 14.5. The van der Waals surface area contributed by atoms with Crippen molar-refractivity contribution >= 4 is 33.2 Å². The number of rotatable bonds is 6. The van der Waals surface area contributed by atoms with E-state index in [1.807, 2.05) is 36.4 Å². The first-order valence-corrected chi connectivity index (χ1v) is 8.24. The molecule has 0 aromatic heterocycles. The van der Waals surface area contributed by atoms with Crippen molar-refractivity contribution in [1.29, 1.82) is 0 Å². The van der Waals surface area contributed by atoms with Gasteiger partial charge in [-0.25, -0.2) is 0 Å². The summed E-state index contributed by atoms with van der Waals surface area (Å²) in [7, 11) is 0. The summed E-state index contributed by atoms with van der Waals surface area (Å²) in [5.74, 6) is 0.470. The number of benzene rings is 2. The fourth-order valence-electron chi connectivity index (χ4n) is 2.23. The van der Waals surface area contributed by atoms with E-state index in [2.05, 4.69) is 52.5 Å². The van der Waals surface area contributed by atoms with Crippen LogP contribution in [0.1, 0.15) is 31.7 Å². The van der Waals surface area contributed by atoms with Crippen molar-refractivity contribution < 1.29 is 4.79 Å². The number of hydrogen-bond donors (Lipinski definition) is 2. The van der Waals surface area contributed by atoms with Crippen molar-refractivity contribution in [3.05, 3.63) is 58.6 Å². The number of para-hydroxylation sites is 1. The molecule has 2 aromatic carbocycles. The van der Waals surface area contributed by atoms with Crippen LogP contribution in [0.5, 0.6) is 0 Å². The van der Waals surface area contributed by atoms with E-state index in [9.17, 15) is 4.79 Å². The summed E-state index contributed by atoms with van der Waals surface area (Å²) in [6.45, 7) is 4.95. The lowest BCUT2D eigenvalue weighted by Gasteiger charge is -2.14. The fourth-order valence-corrected chi connectivity index (χ4v) is 2.49. The molecular formula is C18H21BrN2O. The van der Waals surface area contributed by atoms with Gasteiger partial charge in [-0.3, -0.25) is 4.79 Å². The van der Waals surface area contributed by atoms with E-state index < -0.39 is 0 Å². The minimum atomic E-state index is 0.0110. The van der Waals surface area contributed by atoms with E-state index in [1.54, 1.807) is 0 Å². The summed E-state index contributed by atoms with van der Waals surface area (Å²) in [6, 6.07) is 15.8. The largest absolute Gasteiger partial charge is 0.384 e. The molecule has 1 amide bonds. The van der Waals surface area contributed by atoms with Crippen LogP contribution in [0, 0.1) is 0 Å². The maximum atomic E-state index is 11.9. The molecule has 0 saturated carbocycles. The standard InChI is InChI=1S/C18H21BrN2O/c1-13(2)16-5-3-4-6-17(16)20-12-11-18(22)21-15-9-7-14(19)8-10-15/h3-10,13,20H,11-12H2,1-2H3,(H,21,22). The van der Waals surface area contributed by atoms with Gasteiger partial charge in [0, 0.05) is 28.8 Å². The van der Waals surface area contributed by atoms with Gasteiger partial charge in [-0.05, 0) is 41.8 Å². The monoisotopic (exact) mass is 360 g/mol. The molecule has 0 fully saturated rings. The van der Waals surface area contributed by atoms with Crippen LogP contribution in [0.3, 0.4) is 0 Å². The number of carbonyl (C=O) groups is 1. The Labute approximate surface area is 140 Å². The van der Waals surface area contributed by atoms with Gasteiger partial charge in [0.1, 0.15) is 0 Å². The maximum Gasteiger partial charge on any atom is 0.226 e. The minimum absolute atomic E-state index is 0.0110. The molecule has 2 rings (SSSR count). The second-order valence-corrected chi connectivity index (χ2v) is 6.39. The van der Waals surface area contributed by atoms with Gasteiger partial charge in [0.2, 0.25) is 5.91 Å². The average molecular weight is 361 g/mol. The third kappa shape index (κ3) is 4.88. The molecule has 0 unspecified atom stereocenters.